The molecule has 0 fully saturated rings. The number of carboxylic acid groups (broad SMARTS) is 1. The second-order valence-corrected chi connectivity index (χ2v) is 2.92. The van der Waals surface area contributed by atoms with Crippen LogP contribution in [0.1, 0.15) is 10.4 Å². The highest BCUT2D eigenvalue weighted by molar-refractivity contribution is 5.96. The minimum atomic E-state index is -1.09. The first-order valence-electron chi connectivity index (χ1n) is 4.06. The molecule has 1 radical (unpaired) electrons. The third kappa shape index (κ3) is 1.29. The molecule has 0 atom stereocenters. The molecule has 2 aromatic rings. The van der Waals surface area contributed by atoms with E-state index in [0.717, 1.165) is 0 Å². The predicted octanol–water partition coefficient (Wildman–Crippen LogP) is 2.04. The smallest absolute Gasteiger partial charge is 0.336 e. The summed E-state index contributed by atoms with van der Waals surface area (Å²) in [6.07, 6.45) is 0. The van der Waals surface area contributed by atoms with Crippen molar-refractivity contribution in [2.24, 2.45) is 0 Å². The molecule has 69 valence electrons. The van der Waals surface area contributed by atoms with Crippen molar-refractivity contribution < 1.29 is 15.0 Å². The molecular formula is C11H7O3. The summed E-state index contributed by atoms with van der Waals surface area (Å²) in [6, 6.07) is 10.9. The quantitative estimate of drug-likeness (QED) is 0.718. The van der Waals surface area contributed by atoms with Crippen LogP contribution in [0, 0.1) is 6.07 Å². The Bertz CT molecular complexity index is 503. The Balaban J connectivity index is 2.78. The van der Waals surface area contributed by atoms with E-state index in [-0.39, 0.29) is 11.3 Å². The van der Waals surface area contributed by atoms with E-state index in [1.807, 2.05) is 0 Å². The van der Waals surface area contributed by atoms with E-state index in [4.69, 9.17) is 5.11 Å². The number of phenolic OH excluding ortho intramolecular Hbond substituents is 1. The fourth-order valence-electron chi connectivity index (χ4n) is 1.34. The van der Waals surface area contributed by atoms with Crippen molar-refractivity contribution in [3.8, 4) is 5.75 Å². The molecule has 2 aromatic carbocycles. The lowest BCUT2D eigenvalue weighted by atomic mass is 10.1. The maximum absolute atomic E-state index is 10.7. The fraction of sp³-hybridized carbons (Fsp3) is 0. The Kier molecular flexibility index (Phi) is 1.85. The Hall–Kier alpha value is -2.03. The van der Waals surface area contributed by atoms with E-state index in [9.17, 15) is 9.90 Å². The van der Waals surface area contributed by atoms with Crippen LogP contribution in [0.5, 0.6) is 5.75 Å². The van der Waals surface area contributed by atoms with Crippen LogP contribution < -0.4 is 0 Å². The van der Waals surface area contributed by atoms with Crippen molar-refractivity contribution in [1.82, 2.24) is 0 Å². The van der Waals surface area contributed by atoms with Gasteiger partial charge in [-0.3, -0.25) is 0 Å². The molecule has 0 saturated carbocycles. The van der Waals surface area contributed by atoms with E-state index in [2.05, 4.69) is 6.07 Å². The van der Waals surface area contributed by atoms with E-state index in [0.29, 0.717) is 10.8 Å². The van der Waals surface area contributed by atoms with Gasteiger partial charge in [-0.25, -0.2) is 4.79 Å². The average Bonchev–Trinajstić information content (AvgIpc) is 2.17. The van der Waals surface area contributed by atoms with Gasteiger partial charge in [0.2, 0.25) is 0 Å². The van der Waals surface area contributed by atoms with Gasteiger partial charge in [-0.2, -0.15) is 0 Å². The minimum absolute atomic E-state index is 0.0267. The Morgan fingerprint density at radius 2 is 2.00 bits per heavy atom. The summed E-state index contributed by atoms with van der Waals surface area (Å²) in [5, 5.41) is 19.5. The summed E-state index contributed by atoms with van der Waals surface area (Å²) in [4.78, 5) is 10.7. The molecule has 3 nitrogen and oxygen atoms in total. The van der Waals surface area contributed by atoms with E-state index in [1.54, 1.807) is 24.3 Å². The number of phenols is 1. The van der Waals surface area contributed by atoms with Crippen molar-refractivity contribution in [2.45, 2.75) is 0 Å². The summed E-state index contributed by atoms with van der Waals surface area (Å²) >= 11 is 0. The van der Waals surface area contributed by atoms with Crippen molar-refractivity contribution in [2.75, 3.05) is 0 Å². The van der Waals surface area contributed by atoms with Crippen LogP contribution in [0.4, 0.5) is 0 Å². The molecule has 0 aromatic heterocycles. The van der Waals surface area contributed by atoms with Crippen LogP contribution >= 0.6 is 0 Å². The number of benzene rings is 2. The van der Waals surface area contributed by atoms with Gasteiger partial charge in [0.1, 0.15) is 5.75 Å². The molecule has 0 heterocycles. The van der Waals surface area contributed by atoms with Gasteiger partial charge in [0, 0.05) is 11.5 Å². The van der Waals surface area contributed by atoms with Gasteiger partial charge < -0.3 is 10.2 Å². The molecule has 0 aliphatic rings. The Labute approximate surface area is 80.2 Å². The zero-order valence-electron chi connectivity index (χ0n) is 7.19. The summed E-state index contributed by atoms with van der Waals surface area (Å²) in [6.45, 7) is 0. The van der Waals surface area contributed by atoms with Crippen LogP contribution in [0.15, 0.2) is 30.3 Å². The highest BCUT2D eigenvalue weighted by Crippen LogP contribution is 2.25. The molecule has 3 heteroatoms. The van der Waals surface area contributed by atoms with Gasteiger partial charge in [0.25, 0.3) is 0 Å². The van der Waals surface area contributed by atoms with Gasteiger partial charge >= 0.3 is 5.97 Å². The second-order valence-electron chi connectivity index (χ2n) is 2.92. The molecule has 2 rings (SSSR count). The van der Waals surface area contributed by atoms with Crippen LogP contribution in [-0.2, 0) is 0 Å². The predicted molar refractivity (Wildman–Crippen MR) is 51.4 cm³/mol. The largest absolute Gasteiger partial charge is 0.507 e. The zero-order chi connectivity index (χ0) is 10.1. The zero-order valence-corrected chi connectivity index (χ0v) is 7.19. The van der Waals surface area contributed by atoms with Crippen molar-refractivity contribution >= 4 is 16.7 Å². The first kappa shape index (κ1) is 8.56. The molecule has 0 aliphatic carbocycles. The van der Waals surface area contributed by atoms with Crippen molar-refractivity contribution in [3.05, 3.63) is 42.0 Å². The van der Waals surface area contributed by atoms with E-state index < -0.39 is 5.97 Å². The molecular weight excluding hydrogens is 180 g/mol. The normalized spacial score (nSPS) is 10.3. The van der Waals surface area contributed by atoms with Gasteiger partial charge in [-0.1, -0.05) is 24.3 Å². The topological polar surface area (TPSA) is 57.5 Å². The SMILES string of the molecule is O=C(O)c1[c]c(O)c2ccccc2c1. The molecule has 0 saturated heterocycles. The number of aromatic carboxylic acids is 1. The number of hydrogen-bond acceptors (Lipinski definition) is 2. The van der Waals surface area contributed by atoms with Crippen LogP contribution in [-0.4, -0.2) is 16.2 Å². The van der Waals surface area contributed by atoms with E-state index in [1.165, 1.54) is 6.07 Å². The number of fused-ring (bicyclic) bond motifs is 1. The number of hydrogen-bond donors (Lipinski definition) is 2. The fourth-order valence-corrected chi connectivity index (χ4v) is 1.34. The third-order valence-electron chi connectivity index (χ3n) is 2.00. The first-order valence-corrected chi connectivity index (χ1v) is 4.06. The third-order valence-corrected chi connectivity index (χ3v) is 2.00. The summed E-state index contributed by atoms with van der Waals surface area (Å²) in [5.41, 5.74) is -0.0267. The number of carbonyl (C=O) groups is 1. The molecule has 0 bridgehead atoms. The van der Waals surface area contributed by atoms with Gasteiger partial charge in [0.05, 0.1) is 5.56 Å². The monoisotopic (exact) mass is 187 g/mol. The molecule has 2 N–H and O–H groups in total. The maximum Gasteiger partial charge on any atom is 0.336 e. The van der Waals surface area contributed by atoms with Crippen LogP contribution in [0.3, 0.4) is 0 Å². The summed E-state index contributed by atoms with van der Waals surface area (Å²) in [5.74, 6) is -1.22. The lowest BCUT2D eigenvalue weighted by Gasteiger charge is -2.01. The number of aromatic hydroxyl groups is 1. The molecule has 14 heavy (non-hydrogen) atoms. The van der Waals surface area contributed by atoms with Gasteiger partial charge in [-0.15, -0.1) is 0 Å². The molecule has 0 spiro atoms. The minimum Gasteiger partial charge on any atom is -0.507 e. The molecule has 0 aliphatic heterocycles. The first-order chi connectivity index (χ1) is 6.68. The molecule has 0 amide bonds. The lowest BCUT2D eigenvalue weighted by Crippen LogP contribution is -1.95. The van der Waals surface area contributed by atoms with Crippen LogP contribution in [0.2, 0.25) is 0 Å². The summed E-state index contributed by atoms with van der Waals surface area (Å²) in [7, 11) is 0. The van der Waals surface area contributed by atoms with Crippen molar-refractivity contribution in [3.63, 3.8) is 0 Å². The second kappa shape index (κ2) is 3.03. The van der Waals surface area contributed by atoms with Gasteiger partial charge in [-0.05, 0) is 11.5 Å². The highest BCUT2D eigenvalue weighted by atomic mass is 16.4. The van der Waals surface area contributed by atoms with Crippen molar-refractivity contribution in [1.29, 1.82) is 0 Å². The average molecular weight is 187 g/mol. The van der Waals surface area contributed by atoms with Crippen LogP contribution in [0.25, 0.3) is 10.8 Å². The number of rotatable bonds is 1. The highest BCUT2D eigenvalue weighted by Gasteiger charge is 2.07. The standard InChI is InChI=1S/C11H7O3/c12-10-6-8(11(13)14)5-7-3-1-2-4-9(7)10/h1-5,12H,(H,13,14). The Morgan fingerprint density at radius 3 is 2.71 bits per heavy atom. The molecule has 0 unspecified atom stereocenters. The summed E-state index contributed by atoms with van der Waals surface area (Å²) < 4.78 is 0. The van der Waals surface area contributed by atoms with Gasteiger partial charge in [0.15, 0.2) is 0 Å². The van der Waals surface area contributed by atoms with E-state index >= 15 is 0 Å². The maximum atomic E-state index is 10.7. The number of carboxylic acids is 1. The lowest BCUT2D eigenvalue weighted by molar-refractivity contribution is 0.0696. The Morgan fingerprint density at radius 1 is 1.29 bits per heavy atom.